The van der Waals surface area contributed by atoms with Gasteiger partial charge in [-0.2, -0.15) is 0 Å². The Hall–Kier alpha value is -5.44. The second-order valence-electron chi connectivity index (χ2n) is 12.8. The monoisotopic (exact) mass is 658 g/mol. The Labute approximate surface area is 285 Å². The van der Waals surface area contributed by atoms with Crippen molar-refractivity contribution < 1.29 is 18.8 Å². The molecule has 49 heavy (non-hydrogen) atoms. The smallest absolute Gasteiger partial charge is 0.219 e. The van der Waals surface area contributed by atoms with Gasteiger partial charge in [0, 0.05) is 61.5 Å². The van der Waals surface area contributed by atoms with E-state index in [-0.39, 0.29) is 34.4 Å². The zero-order valence-corrected chi connectivity index (χ0v) is 27.9. The Morgan fingerprint density at radius 3 is 1.98 bits per heavy atom. The van der Waals surface area contributed by atoms with Crippen molar-refractivity contribution in [3.05, 3.63) is 142 Å². The fourth-order valence-electron chi connectivity index (χ4n) is 7.15. The number of piperazine rings is 1. The lowest BCUT2D eigenvalue weighted by Crippen LogP contribution is -2.53. The number of nitrogens with zero attached hydrogens (tertiary/aromatic N) is 4. The molecule has 5 aromatic rings. The SMILES string of the molecule is COc1c(N2CCN(C(C)=O)C(C)C2)c(F)cc2c(=O)c(/C=N/OC(c3ccccc3)(c3ccccc3)c3ccccc3)cn(C3CC3)c12. The topological polar surface area (TPSA) is 76.4 Å². The van der Waals surface area contributed by atoms with Gasteiger partial charge in [0.1, 0.15) is 5.69 Å². The van der Waals surface area contributed by atoms with Crippen molar-refractivity contribution in [3.8, 4) is 5.75 Å². The molecule has 250 valence electrons. The molecule has 4 aromatic carbocycles. The molecule has 1 atom stereocenters. The second-order valence-corrected chi connectivity index (χ2v) is 12.8. The third-order valence-corrected chi connectivity index (χ3v) is 9.64. The van der Waals surface area contributed by atoms with Gasteiger partial charge in [0.2, 0.25) is 11.5 Å². The van der Waals surface area contributed by atoms with Crippen molar-refractivity contribution in [2.45, 2.75) is 44.4 Å². The van der Waals surface area contributed by atoms with Gasteiger partial charge in [0.15, 0.2) is 17.0 Å². The molecule has 9 heteroatoms. The van der Waals surface area contributed by atoms with Gasteiger partial charge in [0.05, 0.1) is 29.8 Å². The number of oxime groups is 1. The van der Waals surface area contributed by atoms with Crippen LogP contribution in [0.1, 0.15) is 55.0 Å². The van der Waals surface area contributed by atoms with Crippen molar-refractivity contribution in [1.82, 2.24) is 9.47 Å². The number of hydrogen-bond donors (Lipinski definition) is 0. The third kappa shape index (κ3) is 5.83. The Morgan fingerprint density at radius 1 is 0.918 bits per heavy atom. The number of fused-ring (bicyclic) bond motifs is 1. The van der Waals surface area contributed by atoms with Crippen LogP contribution in [0.2, 0.25) is 0 Å². The predicted octanol–water partition coefficient (Wildman–Crippen LogP) is 6.88. The maximum absolute atomic E-state index is 16.2. The molecular formula is C40H39FN4O4. The largest absolute Gasteiger partial charge is 0.492 e. The molecule has 1 saturated heterocycles. The number of ether oxygens (including phenoxy) is 1. The lowest BCUT2D eigenvalue weighted by Gasteiger charge is -2.41. The summed E-state index contributed by atoms with van der Waals surface area (Å²) in [6, 6.07) is 30.9. The second kappa shape index (κ2) is 13.2. The number of aromatic nitrogens is 1. The standard InChI is InChI=1S/C40H39FN4O4/c1-27-25-43(21-22-44(27)28(2)46)37-35(41)23-34-36(39(37)48-3)45(33-19-20-33)26-29(38(34)47)24-42-49-40(30-13-7-4-8-14-30,31-15-9-5-10-16-31)32-17-11-6-12-18-32/h4-18,23-24,26-27,33H,19-22,25H2,1-3H3/b42-24+. The van der Waals surface area contributed by atoms with E-state index in [1.54, 1.807) is 18.0 Å². The molecule has 1 amide bonds. The molecule has 2 aliphatic rings. The van der Waals surface area contributed by atoms with Crippen LogP contribution < -0.4 is 15.1 Å². The van der Waals surface area contributed by atoms with E-state index < -0.39 is 11.4 Å². The minimum absolute atomic E-state index is 0.00705. The summed E-state index contributed by atoms with van der Waals surface area (Å²) in [6.07, 6.45) is 5.07. The zero-order chi connectivity index (χ0) is 34.1. The van der Waals surface area contributed by atoms with Crippen LogP contribution in [0.15, 0.2) is 113 Å². The lowest BCUT2D eigenvalue weighted by atomic mass is 9.80. The van der Waals surface area contributed by atoms with Crippen molar-refractivity contribution in [2.24, 2.45) is 5.16 Å². The summed E-state index contributed by atoms with van der Waals surface area (Å²) in [7, 11) is 1.51. The molecule has 1 saturated carbocycles. The fourth-order valence-corrected chi connectivity index (χ4v) is 7.15. The molecule has 2 heterocycles. The van der Waals surface area contributed by atoms with Crippen molar-refractivity contribution in [2.75, 3.05) is 31.6 Å². The molecule has 1 aliphatic heterocycles. The summed E-state index contributed by atoms with van der Waals surface area (Å²) in [5, 5.41) is 4.73. The maximum atomic E-state index is 16.2. The van der Waals surface area contributed by atoms with Crippen LogP contribution in [0.5, 0.6) is 5.75 Å². The molecule has 1 aromatic heterocycles. The van der Waals surface area contributed by atoms with E-state index in [0.717, 1.165) is 29.5 Å². The minimum Gasteiger partial charge on any atom is -0.492 e. The quantitative estimate of drug-likeness (QED) is 0.0981. The number of rotatable bonds is 9. The molecule has 1 unspecified atom stereocenters. The molecule has 0 radical (unpaired) electrons. The highest BCUT2D eigenvalue weighted by molar-refractivity contribution is 5.95. The number of methoxy groups -OCH3 is 1. The molecule has 0 bridgehead atoms. The number of halogens is 1. The number of benzene rings is 4. The first kappa shape index (κ1) is 32.1. The van der Waals surface area contributed by atoms with Gasteiger partial charge in [-0.25, -0.2) is 4.39 Å². The normalized spacial score (nSPS) is 16.7. The molecule has 2 fully saturated rings. The van der Waals surface area contributed by atoms with Gasteiger partial charge < -0.3 is 23.9 Å². The summed E-state index contributed by atoms with van der Waals surface area (Å²) in [4.78, 5) is 36.5. The number of pyridine rings is 1. The van der Waals surface area contributed by atoms with E-state index in [1.165, 1.54) is 19.4 Å². The summed E-state index contributed by atoms with van der Waals surface area (Å²) in [5.41, 5.74) is 2.27. The molecule has 0 N–H and O–H groups in total. The Bertz CT molecular complexity index is 1970. The highest BCUT2D eigenvalue weighted by Gasteiger charge is 2.40. The van der Waals surface area contributed by atoms with Crippen molar-refractivity contribution in [1.29, 1.82) is 0 Å². The molecular weight excluding hydrogens is 619 g/mol. The number of carbonyl (C=O) groups is 1. The number of carbonyl (C=O) groups excluding carboxylic acids is 1. The third-order valence-electron chi connectivity index (χ3n) is 9.64. The van der Waals surface area contributed by atoms with Crippen LogP contribution in [-0.4, -0.2) is 54.4 Å². The van der Waals surface area contributed by atoms with Crippen LogP contribution >= 0.6 is 0 Å². The van der Waals surface area contributed by atoms with Crippen LogP contribution in [0.3, 0.4) is 0 Å². The van der Waals surface area contributed by atoms with E-state index in [9.17, 15) is 9.59 Å². The van der Waals surface area contributed by atoms with Crippen LogP contribution in [-0.2, 0) is 15.2 Å². The van der Waals surface area contributed by atoms with Gasteiger partial charge in [-0.3, -0.25) is 9.59 Å². The summed E-state index contributed by atoms with van der Waals surface area (Å²) in [6.45, 7) is 4.87. The number of amides is 1. The van der Waals surface area contributed by atoms with Crippen molar-refractivity contribution >= 4 is 28.7 Å². The molecule has 8 nitrogen and oxygen atoms in total. The van der Waals surface area contributed by atoms with E-state index >= 15 is 4.39 Å². The Balaban J connectivity index is 1.33. The van der Waals surface area contributed by atoms with Crippen LogP contribution in [0.4, 0.5) is 10.1 Å². The first-order chi connectivity index (χ1) is 23.8. The summed E-state index contributed by atoms with van der Waals surface area (Å²) in [5.74, 6) is -0.236. The molecule has 0 spiro atoms. The van der Waals surface area contributed by atoms with Gasteiger partial charge in [-0.1, -0.05) is 96.2 Å². The lowest BCUT2D eigenvalue weighted by molar-refractivity contribution is -0.131. The predicted molar refractivity (Wildman–Crippen MR) is 190 cm³/mol. The number of hydrogen-bond acceptors (Lipinski definition) is 6. The molecule has 1 aliphatic carbocycles. The first-order valence-electron chi connectivity index (χ1n) is 16.7. The molecule has 7 rings (SSSR count). The van der Waals surface area contributed by atoms with E-state index in [4.69, 9.17) is 9.57 Å². The highest BCUT2D eigenvalue weighted by Crippen LogP contribution is 2.44. The van der Waals surface area contributed by atoms with Crippen LogP contribution in [0, 0.1) is 5.82 Å². The van der Waals surface area contributed by atoms with Gasteiger partial charge in [-0.05, 0) is 25.8 Å². The maximum Gasteiger partial charge on any atom is 0.219 e. The summed E-state index contributed by atoms with van der Waals surface area (Å²) < 4.78 is 24.1. The number of anilines is 1. The van der Waals surface area contributed by atoms with Gasteiger partial charge >= 0.3 is 0 Å². The fraction of sp³-hybridized carbons (Fsp3) is 0.275. The van der Waals surface area contributed by atoms with Gasteiger partial charge in [-0.15, -0.1) is 0 Å². The van der Waals surface area contributed by atoms with Gasteiger partial charge in [0.25, 0.3) is 0 Å². The minimum atomic E-state index is -1.11. The van der Waals surface area contributed by atoms with E-state index in [0.29, 0.717) is 36.6 Å². The Kier molecular flexibility index (Phi) is 8.67. The zero-order valence-electron chi connectivity index (χ0n) is 27.9. The Morgan fingerprint density at radius 2 is 1.49 bits per heavy atom. The first-order valence-corrected chi connectivity index (χ1v) is 16.7. The highest BCUT2D eigenvalue weighted by atomic mass is 19.1. The van der Waals surface area contributed by atoms with E-state index in [1.807, 2.05) is 107 Å². The van der Waals surface area contributed by atoms with E-state index in [2.05, 4.69) is 5.16 Å². The summed E-state index contributed by atoms with van der Waals surface area (Å²) >= 11 is 0. The average molecular weight is 659 g/mol. The van der Waals surface area contributed by atoms with Crippen LogP contribution in [0.25, 0.3) is 10.9 Å². The van der Waals surface area contributed by atoms with Crippen molar-refractivity contribution in [3.63, 3.8) is 0 Å². The average Bonchev–Trinajstić information content (AvgIpc) is 3.97.